The largest absolute Gasteiger partial charge is 0.342 e. The highest BCUT2D eigenvalue weighted by Crippen LogP contribution is 2.17. The lowest BCUT2D eigenvalue weighted by Crippen LogP contribution is -2.29. The predicted octanol–water partition coefficient (Wildman–Crippen LogP) is -0.0493. The van der Waals surface area contributed by atoms with Gasteiger partial charge >= 0.3 is 0 Å². The molecule has 3 unspecified atom stereocenters. The van der Waals surface area contributed by atoms with Gasteiger partial charge in [-0.2, -0.15) is 0 Å². The topological polar surface area (TPSA) is 63.4 Å². The first-order chi connectivity index (χ1) is 7.04. The van der Waals surface area contributed by atoms with Crippen LogP contribution >= 0.6 is 0 Å². The SMILES string of the molecule is CC(CCN1CC(CN)CC1=O)S(C)=O. The van der Waals surface area contributed by atoms with Gasteiger partial charge in [0.1, 0.15) is 0 Å². The Labute approximate surface area is 93.7 Å². The Hall–Kier alpha value is -0.420. The minimum absolute atomic E-state index is 0.162. The van der Waals surface area contributed by atoms with Gasteiger partial charge in [0.25, 0.3) is 0 Å². The summed E-state index contributed by atoms with van der Waals surface area (Å²) in [4.78, 5) is 13.4. The van der Waals surface area contributed by atoms with E-state index in [4.69, 9.17) is 5.73 Å². The van der Waals surface area contributed by atoms with Crippen LogP contribution in [0.1, 0.15) is 19.8 Å². The van der Waals surface area contributed by atoms with Gasteiger partial charge in [0.05, 0.1) is 0 Å². The summed E-state index contributed by atoms with van der Waals surface area (Å²) in [6, 6.07) is 0. The van der Waals surface area contributed by atoms with Crippen LogP contribution < -0.4 is 5.73 Å². The van der Waals surface area contributed by atoms with Gasteiger partial charge < -0.3 is 10.6 Å². The molecule has 1 rings (SSSR count). The molecule has 1 fully saturated rings. The second-order valence-electron chi connectivity index (χ2n) is 4.24. The molecule has 2 N–H and O–H groups in total. The molecule has 0 radical (unpaired) electrons. The van der Waals surface area contributed by atoms with Gasteiger partial charge in [0, 0.05) is 41.8 Å². The molecule has 0 spiro atoms. The van der Waals surface area contributed by atoms with Gasteiger partial charge in [-0.15, -0.1) is 0 Å². The minimum atomic E-state index is -0.795. The smallest absolute Gasteiger partial charge is 0.222 e. The summed E-state index contributed by atoms with van der Waals surface area (Å²) in [5.74, 6) is 0.513. The van der Waals surface area contributed by atoms with Crippen molar-refractivity contribution in [3.63, 3.8) is 0 Å². The quantitative estimate of drug-likeness (QED) is 0.723. The summed E-state index contributed by atoms with van der Waals surface area (Å²) < 4.78 is 11.1. The normalized spacial score (nSPS) is 25.7. The summed E-state index contributed by atoms with van der Waals surface area (Å²) in [7, 11) is -0.795. The first-order valence-electron chi connectivity index (χ1n) is 5.34. The summed E-state index contributed by atoms with van der Waals surface area (Å²) in [5, 5.41) is 0.162. The Morgan fingerprint density at radius 2 is 2.33 bits per heavy atom. The van der Waals surface area contributed by atoms with Crippen LogP contribution in [0.3, 0.4) is 0 Å². The van der Waals surface area contributed by atoms with E-state index in [1.54, 1.807) is 6.26 Å². The molecule has 0 saturated carbocycles. The third-order valence-corrected chi connectivity index (χ3v) is 4.37. The molecule has 1 aliphatic rings. The molecule has 3 atom stereocenters. The maximum Gasteiger partial charge on any atom is 0.222 e. The molecule has 1 amide bonds. The number of hydrogen-bond acceptors (Lipinski definition) is 3. The van der Waals surface area contributed by atoms with Crippen LogP contribution in [-0.2, 0) is 15.6 Å². The Balaban J connectivity index is 2.33. The third-order valence-electron chi connectivity index (χ3n) is 3.00. The van der Waals surface area contributed by atoms with E-state index in [0.29, 0.717) is 18.9 Å². The Bertz CT molecular complexity index is 258. The third kappa shape index (κ3) is 3.57. The van der Waals surface area contributed by atoms with Gasteiger partial charge in [-0.25, -0.2) is 0 Å². The molecule has 0 aromatic carbocycles. The van der Waals surface area contributed by atoms with Gasteiger partial charge in [0.2, 0.25) is 5.91 Å². The standard InChI is InChI=1S/C10H20N2O2S/c1-8(15(2)14)3-4-12-7-9(6-11)5-10(12)13/h8-9H,3-7,11H2,1-2H3. The highest BCUT2D eigenvalue weighted by molar-refractivity contribution is 7.84. The Morgan fingerprint density at radius 1 is 1.67 bits per heavy atom. The van der Waals surface area contributed by atoms with Crippen molar-refractivity contribution in [2.24, 2.45) is 11.7 Å². The van der Waals surface area contributed by atoms with Crippen LogP contribution in [0.15, 0.2) is 0 Å². The van der Waals surface area contributed by atoms with E-state index in [-0.39, 0.29) is 11.2 Å². The molecular formula is C10H20N2O2S. The van der Waals surface area contributed by atoms with Crippen molar-refractivity contribution >= 4 is 16.7 Å². The molecule has 88 valence electrons. The number of likely N-dealkylation sites (tertiary alicyclic amines) is 1. The van der Waals surface area contributed by atoms with Crippen molar-refractivity contribution in [2.75, 3.05) is 25.9 Å². The molecule has 5 heteroatoms. The lowest BCUT2D eigenvalue weighted by atomic mass is 10.1. The van der Waals surface area contributed by atoms with E-state index in [0.717, 1.165) is 19.5 Å². The van der Waals surface area contributed by atoms with E-state index < -0.39 is 10.8 Å². The Morgan fingerprint density at radius 3 is 2.80 bits per heavy atom. The number of nitrogens with two attached hydrogens (primary N) is 1. The van der Waals surface area contributed by atoms with Gasteiger partial charge in [-0.3, -0.25) is 9.00 Å². The highest BCUT2D eigenvalue weighted by Gasteiger charge is 2.28. The number of nitrogens with zero attached hydrogens (tertiary/aromatic N) is 1. The molecule has 1 saturated heterocycles. The highest BCUT2D eigenvalue weighted by atomic mass is 32.2. The molecule has 1 heterocycles. The molecule has 4 nitrogen and oxygen atoms in total. The van der Waals surface area contributed by atoms with Crippen molar-refractivity contribution in [3.8, 4) is 0 Å². The van der Waals surface area contributed by atoms with Crippen LogP contribution in [0.2, 0.25) is 0 Å². The van der Waals surface area contributed by atoms with Crippen LogP contribution in [0.4, 0.5) is 0 Å². The Kier molecular flexibility index (Phi) is 4.73. The molecule has 0 aromatic rings. The molecule has 0 aromatic heterocycles. The van der Waals surface area contributed by atoms with E-state index >= 15 is 0 Å². The summed E-state index contributed by atoms with van der Waals surface area (Å²) in [6.07, 6.45) is 3.10. The van der Waals surface area contributed by atoms with Gasteiger partial charge in [-0.1, -0.05) is 6.92 Å². The first-order valence-corrected chi connectivity index (χ1v) is 6.96. The number of amides is 1. The number of rotatable bonds is 5. The lowest BCUT2D eigenvalue weighted by molar-refractivity contribution is -0.127. The number of carbonyl (C=O) groups is 1. The summed E-state index contributed by atoms with van der Waals surface area (Å²) in [6.45, 7) is 4.03. The fourth-order valence-electron chi connectivity index (χ4n) is 1.73. The minimum Gasteiger partial charge on any atom is -0.342 e. The van der Waals surface area contributed by atoms with Crippen LogP contribution in [0, 0.1) is 5.92 Å². The monoisotopic (exact) mass is 232 g/mol. The van der Waals surface area contributed by atoms with Crippen molar-refractivity contribution in [3.05, 3.63) is 0 Å². The first kappa shape index (κ1) is 12.6. The van der Waals surface area contributed by atoms with Crippen molar-refractivity contribution in [1.29, 1.82) is 0 Å². The number of hydrogen-bond donors (Lipinski definition) is 1. The molecule has 15 heavy (non-hydrogen) atoms. The zero-order valence-electron chi connectivity index (χ0n) is 9.44. The fraction of sp³-hybridized carbons (Fsp3) is 0.900. The van der Waals surface area contributed by atoms with Gasteiger partial charge in [0.15, 0.2) is 0 Å². The van der Waals surface area contributed by atoms with Crippen molar-refractivity contribution in [2.45, 2.75) is 25.0 Å². The van der Waals surface area contributed by atoms with Crippen molar-refractivity contribution < 1.29 is 9.00 Å². The molecule has 0 aliphatic carbocycles. The average molecular weight is 232 g/mol. The summed E-state index contributed by atoms with van der Waals surface area (Å²) >= 11 is 0. The van der Waals surface area contributed by atoms with E-state index in [2.05, 4.69) is 0 Å². The van der Waals surface area contributed by atoms with Crippen LogP contribution in [0.25, 0.3) is 0 Å². The summed E-state index contributed by atoms with van der Waals surface area (Å²) in [5.41, 5.74) is 5.53. The maximum atomic E-state index is 11.5. The zero-order chi connectivity index (χ0) is 11.4. The van der Waals surface area contributed by atoms with E-state index in [1.807, 2.05) is 11.8 Å². The van der Waals surface area contributed by atoms with E-state index in [1.165, 1.54) is 0 Å². The van der Waals surface area contributed by atoms with Crippen LogP contribution in [0.5, 0.6) is 0 Å². The lowest BCUT2D eigenvalue weighted by Gasteiger charge is -2.18. The number of carbonyl (C=O) groups excluding carboxylic acids is 1. The molecule has 1 aliphatic heterocycles. The predicted molar refractivity (Wildman–Crippen MR) is 61.9 cm³/mol. The average Bonchev–Trinajstić information content (AvgIpc) is 2.55. The second-order valence-corrected chi connectivity index (χ2v) is 6.05. The zero-order valence-corrected chi connectivity index (χ0v) is 10.3. The van der Waals surface area contributed by atoms with Gasteiger partial charge in [-0.05, 0) is 18.9 Å². The van der Waals surface area contributed by atoms with Crippen molar-refractivity contribution in [1.82, 2.24) is 4.90 Å². The maximum absolute atomic E-state index is 11.5. The molecule has 0 bridgehead atoms. The molecular weight excluding hydrogens is 212 g/mol. The van der Waals surface area contributed by atoms with Crippen LogP contribution in [-0.4, -0.2) is 46.2 Å². The fourth-order valence-corrected chi connectivity index (χ4v) is 2.17. The van der Waals surface area contributed by atoms with E-state index in [9.17, 15) is 9.00 Å². The second kappa shape index (κ2) is 5.61.